The van der Waals surface area contributed by atoms with Gasteiger partial charge in [-0.3, -0.25) is 0 Å². The van der Waals surface area contributed by atoms with E-state index in [-0.39, 0.29) is 12.1 Å². The Hall–Kier alpha value is -4.24. The fraction of sp³-hybridized carbons (Fsp3) is 0.318. The second kappa shape index (κ2) is 9.22. The van der Waals surface area contributed by atoms with Crippen molar-refractivity contribution >= 4 is 57.2 Å². The van der Waals surface area contributed by atoms with Crippen LogP contribution in [0.3, 0.4) is 0 Å². The number of hydrogen-bond donors (Lipinski definition) is 0. The Morgan fingerprint density at radius 2 is 1.30 bits per heavy atom. The molecule has 7 aliphatic rings. The molecule has 2 nitrogen and oxygen atoms in total. The van der Waals surface area contributed by atoms with Crippen LogP contribution in [-0.2, 0) is 5.41 Å². The van der Waals surface area contributed by atoms with E-state index in [4.69, 9.17) is 0 Å². The highest BCUT2D eigenvalue weighted by Gasteiger charge is 2.62. The van der Waals surface area contributed by atoms with Crippen LogP contribution in [0.1, 0.15) is 74.1 Å². The minimum absolute atomic E-state index is 0.117. The third-order valence-corrected chi connectivity index (χ3v) is 13.4. The molecule has 1 spiro atoms. The Balaban J connectivity index is 1.24. The standard InChI is InChI=1S/C44H41BN2/c1-26(2)30-17-18-39-37(25-30)45-36-13-7-12-35-43(36)47(41-16-8-15-40(42(41)45)46(39)33-10-6-9-27(3)19-33)38-14-5-4-11-34(38)44(35)31-21-28-20-29(23-31)24-32(44)22-28/h4-19,25-26,28-29,31-32H,20-24H2,1-3H3. The first kappa shape index (κ1) is 26.8. The van der Waals surface area contributed by atoms with Gasteiger partial charge in [-0.1, -0.05) is 80.6 Å². The molecule has 47 heavy (non-hydrogen) atoms. The van der Waals surface area contributed by atoms with Crippen LogP contribution in [0.5, 0.6) is 0 Å². The zero-order valence-electron chi connectivity index (χ0n) is 27.7. The fourth-order valence-electron chi connectivity index (χ4n) is 12.0. The van der Waals surface area contributed by atoms with E-state index in [9.17, 15) is 0 Å². The van der Waals surface area contributed by atoms with Crippen LogP contribution in [0, 0.1) is 30.6 Å². The van der Waals surface area contributed by atoms with E-state index in [1.54, 1.807) is 11.1 Å². The predicted molar refractivity (Wildman–Crippen MR) is 197 cm³/mol. The van der Waals surface area contributed by atoms with Crippen molar-refractivity contribution in [1.82, 2.24) is 0 Å². The summed E-state index contributed by atoms with van der Waals surface area (Å²) in [5, 5.41) is 0. The first-order chi connectivity index (χ1) is 23.0. The summed E-state index contributed by atoms with van der Waals surface area (Å²) in [4.78, 5) is 5.25. The maximum Gasteiger partial charge on any atom is 0.252 e. The Morgan fingerprint density at radius 3 is 2.06 bits per heavy atom. The van der Waals surface area contributed by atoms with Crippen molar-refractivity contribution in [2.24, 2.45) is 23.7 Å². The summed E-state index contributed by atoms with van der Waals surface area (Å²) < 4.78 is 0. The highest BCUT2D eigenvalue weighted by atomic mass is 15.2. The number of anilines is 6. The molecule has 0 atom stereocenters. The van der Waals surface area contributed by atoms with Crippen molar-refractivity contribution < 1.29 is 0 Å². The molecule has 3 heterocycles. The van der Waals surface area contributed by atoms with E-state index in [2.05, 4.69) is 134 Å². The molecule has 5 aromatic rings. The molecule has 3 heteroatoms. The van der Waals surface area contributed by atoms with Crippen molar-refractivity contribution in [3.63, 3.8) is 0 Å². The van der Waals surface area contributed by atoms with Gasteiger partial charge in [0.05, 0.1) is 5.69 Å². The minimum Gasteiger partial charge on any atom is -0.311 e. The number of rotatable bonds is 2. The molecule has 4 saturated carbocycles. The Kier molecular flexibility index (Phi) is 5.26. The van der Waals surface area contributed by atoms with Crippen LogP contribution in [0.25, 0.3) is 0 Å². The van der Waals surface area contributed by atoms with E-state index in [1.807, 2.05) is 0 Å². The maximum absolute atomic E-state index is 2.71. The molecule has 4 bridgehead atoms. The fourth-order valence-corrected chi connectivity index (χ4v) is 12.0. The second-order valence-electron chi connectivity index (χ2n) is 16.1. The third kappa shape index (κ3) is 3.29. The molecule has 0 amide bonds. The lowest BCUT2D eigenvalue weighted by atomic mass is 9.32. The predicted octanol–water partition coefficient (Wildman–Crippen LogP) is 9.26. The normalized spacial score (nSPS) is 26.8. The van der Waals surface area contributed by atoms with Gasteiger partial charge in [0.15, 0.2) is 0 Å². The summed E-state index contributed by atoms with van der Waals surface area (Å²) in [6, 6.07) is 40.6. The van der Waals surface area contributed by atoms with Crippen LogP contribution in [0.15, 0.2) is 103 Å². The van der Waals surface area contributed by atoms with Gasteiger partial charge >= 0.3 is 0 Å². The summed E-state index contributed by atoms with van der Waals surface area (Å²) >= 11 is 0. The van der Waals surface area contributed by atoms with Gasteiger partial charge in [-0.05, 0) is 144 Å². The van der Waals surface area contributed by atoms with Gasteiger partial charge in [0.25, 0.3) is 6.71 Å². The highest BCUT2D eigenvalue weighted by Crippen LogP contribution is 2.69. The minimum atomic E-state index is 0.117. The number of hydrogen-bond acceptors (Lipinski definition) is 2. The topological polar surface area (TPSA) is 6.48 Å². The number of benzene rings is 5. The summed E-state index contributed by atoms with van der Waals surface area (Å²) in [7, 11) is 0. The van der Waals surface area contributed by atoms with Gasteiger partial charge in [0, 0.05) is 33.9 Å². The Morgan fingerprint density at radius 1 is 0.617 bits per heavy atom. The van der Waals surface area contributed by atoms with Crippen LogP contribution >= 0.6 is 0 Å². The molecule has 12 rings (SSSR count). The first-order valence-electron chi connectivity index (χ1n) is 18.2. The second-order valence-corrected chi connectivity index (χ2v) is 16.1. The summed E-state index contributed by atoms with van der Waals surface area (Å²) in [6.45, 7) is 7.08. The van der Waals surface area contributed by atoms with E-state index >= 15 is 0 Å². The molecular formula is C44H41BN2. The van der Waals surface area contributed by atoms with Gasteiger partial charge in [-0.15, -0.1) is 0 Å². The van der Waals surface area contributed by atoms with E-state index in [1.165, 1.54) is 93.7 Å². The summed E-state index contributed by atoms with van der Waals surface area (Å²) in [6.07, 6.45) is 7.10. The van der Waals surface area contributed by atoms with Crippen molar-refractivity contribution in [2.45, 2.75) is 64.2 Å². The van der Waals surface area contributed by atoms with Gasteiger partial charge in [-0.2, -0.15) is 0 Å². The number of para-hydroxylation sites is 2. The maximum atomic E-state index is 2.71. The lowest BCUT2D eigenvalue weighted by Crippen LogP contribution is -2.64. The smallest absolute Gasteiger partial charge is 0.252 e. The average molecular weight is 609 g/mol. The number of nitrogens with zero attached hydrogens (tertiary/aromatic N) is 2. The molecule has 0 unspecified atom stereocenters. The molecule has 0 radical (unpaired) electrons. The lowest BCUT2D eigenvalue weighted by molar-refractivity contribution is -0.0419. The van der Waals surface area contributed by atoms with E-state index in [0.29, 0.717) is 5.92 Å². The summed E-state index contributed by atoms with van der Waals surface area (Å²) in [5.41, 5.74) is 18.6. The largest absolute Gasteiger partial charge is 0.311 e. The Labute approximate surface area is 279 Å². The number of aryl methyl sites for hydroxylation is 1. The van der Waals surface area contributed by atoms with Crippen molar-refractivity contribution in [3.8, 4) is 0 Å². The molecule has 4 fully saturated rings. The van der Waals surface area contributed by atoms with E-state index in [0.717, 1.165) is 23.7 Å². The molecule has 5 aromatic carbocycles. The SMILES string of the molecule is Cc1cccc(N2c3ccc(C(C)C)cc3B3c4cccc5c4N(c4ccccc4C54C5CC6CC(C5)CC4C6)c4cccc2c43)c1. The molecule has 0 aromatic heterocycles. The lowest BCUT2D eigenvalue weighted by Gasteiger charge is -2.64. The van der Waals surface area contributed by atoms with Crippen molar-refractivity contribution in [3.05, 3.63) is 125 Å². The summed E-state index contributed by atoms with van der Waals surface area (Å²) in [5.74, 6) is 3.82. The van der Waals surface area contributed by atoms with Crippen molar-refractivity contribution in [2.75, 3.05) is 9.80 Å². The average Bonchev–Trinajstić information content (AvgIpc) is 3.08. The molecule has 0 N–H and O–H groups in total. The quantitative estimate of drug-likeness (QED) is 0.181. The third-order valence-electron chi connectivity index (χ3n) is 13.4. The molecule has 230 valence electrons. The molecule has 0 saturated heterocycles. The van der Waals surface area contributed by atoms with Crippen LogP contribution < -0.4 is 26.2 Å². The zero-order chi connectivity index (χ0) is 31.2. The molecule has 4 aliphatic carbocycles. The highest BCUT2D eigenvalue weighted by molar-refractivity contribution is 7.00. The first-order valence-corrected chi connectivity index (χ1v) is 18.2. The van der Waals surface area contributed by atoms with Gasteiger partial charge in [0.1, 0.15) is 0 Å². The van der Waals surface area contributed by atoms with E-state index < -0.39 is 0 Å². The number of fused-ring (bicyclic) bond motifs is 6. The monoisotopic (exact) mass is 608 g/mol. The molecular weight excluding hydrogens is 567 g/mol. The zero-order valence-corrected chi connectivity index (χ0v) is 27.7. The van der Waals surface area contributed by atoms with Crippen molar-refractivity contribution in [1.29, 1.82) is 0 Å². The van der Waals surface area contributed by atoms with Crippen LogP contribution in [0.2, 0.25) is 0 Å². The van der Waals surface area contributed by atoms with Gasteiger partial charge in [-0.25, -0.2) is 0 Å². The van der Waals surface area contributed by atoms with Crippen LogP contribution in [0.4, 0.5) is 34.1 Å². The molecule has 3 aliphatic heterocycles. The van der Waals surface area contributed by atoms with Crippen LogP contribution in [-0.4, -0.2) is 6.71 Å². The van der Waals surface area contributed by atoms with Gasteiger partial charge in [0.2, 0.25) is 0 Å². The van der Waals surface area contributed by atoms with Gasteiger partial charge < -0.3 is 9.80 Å². The Bertz CT molecular complexity index is 2120.